The molecule has 6 nitrogen and oxygen atoms in total. The molecule has 6 rings (SSSR count). The van der Waals surface area contributed by atoms with E-state index >= 15 is 0 Å². The van der Waals surface area contributed by atoms with Crippen LogP contribution in [0.15, 0.2) is 101 Å². The van der Waals surface area contributed by atoms with Crippen LogP contribution < -0.4 is 11.5 Å². The van der Waals surface area contributed by atoms with Crippen LogP contribution in [0.2, 0.25) is 0 Å². The second-order valence-electron chi connectivity index (χ2n) is 7.88. The van der Waals surface area contributed by atoms with E-state index in [0.717, 1.165) is 16.5 Å². The van der Waals surface area contributed by atoms with Crippen LogP contribution in [0.3, 0.4) is 0 Å². The fourth-order valence-electron chi connectivity index (χ4n) is 4.49. The van der Waals surface area contributed by atoms with Crippen LogP contribution in [0, 0.1) is 4.91 Å². The van der Waals surface area contributed by atoms with E-state index in [1.54, 1.807) is 0 Å². The molecule has 0 bridgehead atoms. The lowest BCUT2D eigenvalue weighted by atomic mass is 9.94. The molecule has 0 heterocycles. The van der Waals surface area contributed by atoms with Gasteiger partial charge in [0.2, 0.25) is 0 Å². The molecule has 0 unspecified atom stereocenters. The van der Waals surface area contributed by atoms with E-state index in [9.17, 15) is 0 Å². The molecule has 0 aliphatic heterocycles. The average molecular weight is 432 g/mol. The zero-order chi connectivity index (χ0) is 22.9. The van der Waals surface area contributed by atoms with Gasteiger partial charge in [-0.25, -0.2) is 4.99 Å². The molecule has 0 saturated carbocycles. The highest BCUT2D eigenvalue weighted by Crippen LogP contribution is 2.36. The van der Waals surface area contributed by atoms with Gasteiger partial charge in [0.15, 0.2) is 11.3 Å². The third-order valence-corrected chi connectivity index (χ3v) is 5.88. The van der Waals surface area contributed by atoms with Gasteiger partial charge in [0, 0.05) is 5.39 Å². The molecular formula is C27H20N4O2. The van der Waals surface area contributed by atoms with Crippen LogP contribution in [0.1, 0.15) is 0 Å². The van der Waals surface area contributed by atoms with Crippen molar-refractivity contribution < 1.29 is 5.21 Å². The highest BCUT2D eigenvalue weighted by atomic mass is 16.6. The van der Waals surface area contributed by atoms with Crippen molar-refractivity contribution in [3.8, 4) is 0 Å². The van der Waals surface area contributed by atoms with E-state index in [-0.39, 0.29) is 5.96 Å². The van der Waals surface area contributed by atoms with Gasteiger partial charge in [0.1, 0.15) is 0 Å². The number of nitrogens with zero attached hydrogens (tertiary/aromatic N) is 2. The Labute approximate surface area is 188 Å². The number of hydrogen-bond acceptors (Lipinski definition) is 3. The summed E-state index contributed by atoms with van der Waals surface area (Å²) in [7, 11) is 0. The number of aliphatic imine (C=N–C) groups is 1. The third kappa shape index (κ3) is 3.64. The van der Waals surface area contributed by atoms with Crippen molar-refractivity contribution in [2.24, 2.45) is 21.8 Å². The number of fused-ring (bicyclic) bond motifs is 6. The summed E-state index contributed by atoms with van der Waals surface area (Å²) in [6, 6.07) is 32.5. The molecule has 0 aromatic heterocycles. The van der Waals surface area contributed by atoms with Crippen LogP contribution in [-0.2, 0) is 0 Å². The average Bonchev–Trinajstić information content (AvgIpc) is 2.81. The van der Waals surface area contributed by atoms with E-state index < -0.39 is 0 Å². The quantitative estimate of drug-likeness (QED) is 0.0687. The van der Waals surface area contributed by atoms with Crippen LogP contribution in [-0.4, -0.2) is 11.2 Å². The molecular weight excluding hydrogens is 412 g/mol. The SMILES string of the molecule is NC(N)=Nc1cccc2cc3ccc4cc5cc6ccccc6cc5cc4c3cc12.O=NO. The number of nitrogens with two attached hydrogens (primary N) is 2. The molecule has 5 N–H and O–H groups in total. The minimum Gasteiger partial charge on any atom is -0.379 e. The Bertz CT molecular complexity index is 1720. The molecule has 0 spiro atoms. The van der Waals surface area contributed by atoms with E-state index in [1.807, 2.05) is 12.1 Å². The van der Waals surface area contributed by atoms with Gasteiger partial charge >= 0.3 is 0 Å². The lowest BCUT2D eigenvalue weighted by molar-refractivity contribution is 0.312. The summed E-state index contributed by atoms with van der Waals surface area (Å²) in [4.78, 5) is 12.4. The van der Waals surface area contributed by atoms with Crippen LogP contribution in [0.5, 0.6) is 0 Å². The first kappa shape index (κ1) is 20.2. The molecule has 0 aliphatic rings. The van der Waals surface area contributed by atoms with Crippen LogP contribution in [0.4, 0.5) is 5.69 Å². The summed E-state index contributed by atoms with van der Waals surface area (Å²) < 4.78 is 0. The van der Waals surface area contributed by atoms with E-state index in [2.05, 4.69) is 83.9 Å². The summed E-state index contributed by atoms with van der Waals surface area (Å²) in [5.74, 6) is 0.0680. The second kappa shape index (κ2) is 8.09. The summed E-state index contributed by atoms with van der Waals surface area (Å²) >= 11 is 0. The van der Waals surface area contributed by atoms with Crippen LogP contribution in [0.25, 0.3) is 53.9 Å². The fourth-order valence-corrected chi connectivity index (χ4v) is 4.49. The van der Waals surface area contributed by atoms with Crippen molar-refractivity contribution >= 4 is 65.5 Å². The Morgan fingerprint density at radius 2 is 1.06 bits per heavy atom. The largest absolute Gasteiger partial charge is 0.379 e. The zero-order valence-corrected chi connectivity index (χ0v) is 17.6. The first-order valence-electron chi connectivity index (χ1n) is 10.4. The van der Waals surface area contributed by atoms with Gasteiger partial charge in [-0.1, -0.05) is 48.5 Å². The second-order valence-corrected chi connectivity index (χ2v) is 7.88. The van der Waals surface area contributed by atoms with Gasteiger partial charge in [0.25, 0.3) is 0 Å². The van der Waals surface area contributed by atoms with Gasteiger partial charge in [-0.15, -0.1) is 4.91 Å². The van der Waals surface area contributed by atoms with Crippen molar-refractivity contribution in [1.29, 1.82) is 0 Å². The van der Waals surface area contributed by atoms with Crippen LogP contribution >= 0.6 is 0 Å². The van der Waals surface area contributed by atoms with Gasteiger partial charge in [-0.3, -0.25) is 0 Å². The molecule has 0 saturated heterocycles. The maximum atomic E-state index is 8.11. The number of rotatable bonds is 1. The molecule has 6 aromatic rings. The summed E-state index contributed by atoms with van der Waals surface area (Å²) in [5, 5.41) is 19.9. The van der Waals surface area contributed by atoms with Crippen molar-refractivity contribution in [3.63, 3.8) is 0 Å². The van der Waals surface area contributed by atoms with Crippen molar-refractivity contribution in [2.45, 2.75) is 0 Å². The predicted octanol–water partition coefficient (Wildman–Crippen LogP) is 6.50. The maximum absolute atomic E-state index is 8.11. The van der Waals surface area contributed by atoms with E-state index in [1.165, 1.54) is 48.4 Å². The fraction of sp³-hybridized carbons (Fsp3) is 0. The Balaban J connectivity index is 0.000000724. The zero-order valence-electron chi connectivity index (χ0n) is 17.6. The molecule has 160 valence electrons. The third-order valence-electron chi connectivity index (χ3n) is 5.88. The highest BCUT2D eigenvalue weighted by Gasteiger charge is 2.08. The monoisotopic (exact) mass is 432 g/mol. The van der Waals surface area contributed by atoms with E-state index in [0.29, 0.717) is 0 Å². The number of hydrogen-bond donors (Lipinski definition) is 3. The highest BCUT2D eigenvalue weighted by molar-refractivity contribution is 6.17. The lowest BCUT2D eigenvalue weighted by Crippen LogP contribution is -2.21. The smallest absolute Gasteiger partial charge is 0.191 e. The number of guanidine groups is 1. The topological polar surface area (TPSA) is 114 Å². The van der Waals surface area contributed by atoms with Crippen molar-refractivity contribution in [2.75, 3.05) is 0 Å². The molecule has 0 atom stereocenters. The molecule has 6 heteroatoms. The van der Waals surface area contributed by atoms with Crippen molar-refractivity contribution in [1.82, 2.24) is 0 Å². The van der Waals surface area contributed by atoms with E-state index in [4.69, 9.17) is 21.6 Å². The maximum Gasteiger partial charge on any atom is 0.191 e. The molecule has 0 fully saturated rings. The Morgan fingerprint density at radius 3 is 1.70 bits per heavy atom. The standard InChI is InChI=1S/C27H19N3.HNO2/c28-27(29)30-26-7-3-6-18-12-19-8-9-20-13-21-10-16-4-1-2-5-17(16)11-22(21)14-23(20)24(19)15-25(18)26;2-1-3/h1-15H,(H4,28,29,30);(H,2,3). The van der Waals surface area contributed by atoms with Gasteiger partial charge < -0.3 is 16.7 Å². The number of benzene rings is 6. The minimum absolute atomic E-state index is 0.0680. The summed E-state index contributed by atoms with van der Waals surface area (Å²) in [5.41, 5.74) is 12.1. The first-order valence-corrected chi connectivity index (χ1v) is 10.4. The van der Waals surface area contributed by atoms with Crippen molar-refractivity contribution in [3.05, 3.63) is 95.9 Å². The van der Waals surface area contributed by atoms with Gasteiger partial charge in [0.05, 0.1) is 5.69 Å². The van der Waals surface area contributed by atoms with Gasteiger partial charge in [-0.2, -0.15) is 0 Å². The molecule has 6 aromatic carbocycles. The molecule has 0 aliphatic carbocycles. The first-order chi connectivity index (χ1) is 16.1. The molecule has 0 amide bonds. The predicted molar refractivity (Wildman–Crippen MR) is 137 cm³/mol. The van der Waals surface area contributed by atoms with Gasteiger partial charge in [-0.05, 0) is 90.9 Å². The molecule has 33 heavy (non-hydrogen) atoms. The summed E-state index contributed by atoms with van der Waals surface area (Å²) in [6.45, 7) is 0. The Morgan fingerprint density at radius 1 is 0.576 bits per heavy atom. The minimum atomic E-state index is 0.0680. The lowest BCUT2D eigenvalue weighted by Gasteiger charge is -2.10. The Hall–Kier alpha value is -4.71. The normalized spacial score (nSPS) is 10.9. The molecule has 0 radical (unpaired) electrons. The summed E-state index contributed by atoms with van der Waals surface area (Å²) in [6.07, 6.45) is 0. The Kier molecular flexibility index (Phi) is 4.95.